The highest BCUT2D eigenvalue weighted by molar-refractivity contribution is 5.72. The molecule has 1 aromatic carbocycles. The van der Waals surface area contributed by atoms with Gasteiger partial charge in [-0.25, -0.2) is 13.8 Å². The van der Waals surface area contributed by atoms with Crippen molar-refractivity contribution in [2.24, 2.45) is 5.92 Å². The summed E-state index contributed by atoms with van der Waals surface area (Å²) in [6, 6.07) is 9.87. The van der Waals surface area contributed by atoms with Gasteiger partial charge in [-0.2, -0.15) is 4.98 Å². The monoisotopic (exact) mass is 360 g/mol. The van der Waals surface area contributed by atoms with Gasteiger partial charge in [0.25, 0.3) is 5.92 Å². The van der Waals surface area contributed by atoms with Gasteiger partial charge in [0.2, 0.25) is 5.95 Å². The topological polar surface area (TPSA) is 69.6 Å². The van der Waals surface area contributed by atoms with E-state index in [0.717, 1.165) is 0 Å². The van der Waals surface area contributed by atoms with Crippen molar-refractivity contribution in [1.82, 2.24) is 9.97 Å². The lowest BCUT2D eigenvalue weighted by atomic mass is 9.93. The number of nitrogens with zero attached hydrogens (tertiary/aromatic N) is 4. The number of halogens is 2. The number of aliphatic carboxylic acids is 1. The van der Waals surface area contributed by atoms with Crippen LogP contribution in [0.3, 0.4) is 0 Å². The molecule has 0 radical (unpaired) electrons. The van der Waals surface area contributed by atoms with Crippen LogP contribution in [0.5, 0.6) is 0 Å². The lowest BCUT2D eigenvalue weighted by Gasteiger charge is -2.36. The molecule has 2 aromatic rings. The summed E-state index contributed by atoms with van der Waals surface area (Å²) in [4.78, 5) is 23.0. The summed E-state index contributed by atoms with van der Waals surface area (Å²) in [6.07, 6.45) is 1.42. The average molecular weight is 360 g/mol. The number of fused-ring (bicyclic) bond motifs is 1. The fraction of sp³-hybridized carbons (Fsp3) is 0.389. The van der Waals surface area contributed by atoms with Crippen LogP contribution in [-0.4, -0.2) is 40.1 Å². The minimum atomic E-state index is -3.31. The first-order valence-electron chi connectivity index (χ1n) is 8.44. The third-order valence-electron chi connectivity index (χ3n) is 4.97. The molecule has 26 heavy (non-hydrogen) atoms. The van der Waals surface area contributed by atoms with Gasteiger partial charge in [-0.15, -0.1) is 0 Å². The van der Waals surface area contributed by atoms with E-state index in [2.05, 4.69) is 27.0 Å². The largest absolute Gasteiger partial charge is 0.481 e. The normalized spacial score (nSPS) is 21.5. The quantitative estimate of drug-likeness (QED) is 0.907. The SMILES string of the molecule is O=C(O)C1CCN(c2nccc(N3Cc4ccccc4C3)n2)CC1(F)F. The van der Waals surface area contributed by atoms with Gasteiger partial charge < -0.3 is 14.9 Å². The summed E-state index contributed by atoms with van der Waals surface area (Å²) in [5.74, 6) is -5.54. The van der Waals surface area contributed by atoms with E-state index in [0.29, 0.717) is 18.9 Å². The number of aromatic nitrogens is 2. The molecule has 1 atom stereocenters. The number of hydrogen-bond acceptors (Lipinski definition) is 5. The second-order valence-corrected chi connectivity index (χ2v) is 6.70. The first-order valence-corrected chi connectivity index (χ1v) is 8.44. The Hall–Kier alpha value is -2.77. The Morgan fingerprint density at radius 1 is 1.15 bits per heavy atom. The number of anilines is 2. The first kappa shape index (κ1) is 16.7. The molecule has 8 heteroatoms. The van der Waals surface area contributed by atoms with Crippen LogP contribution in [-0.2, 0) is 17.9 Å². The molecule has 3 heterocycles. The van der Waals surface area contributed by atoms with E-state index in [1.54, 1.807) is 12.3 Å². The van der Waals surface area contributed by atoms with Gasteiger partial charge >= 0.3 is 5.97 Å². The summed E-state index contributed by atoms with van der Waals surface area (Å²) < 4.78 is 28.3. The fourth-order valence-electron chi connectivity index (χ4n) is 3.58. The first-order chi connectivity index (χ1) is 12.4. The standard InChI is InChI=1S/C18H18F2N4O2/c19-18(20)11-23(8-6-14(18)16(25)26)17-21-7-5-15(22-17)24-9-12-3-1-2-4-13(12)10-24/h1-5,7,14H,6,8-11H2,(H,25,26). The van der Waals surface area contributed by atoms with Crippen molar-refractivity contribution < 1.29 is 18.7 Å². The number of rotatable bonds is 3. The summed E-state index contributed by atoms with van der Waals surface area (Å²) in [7, 11) is 0. The molecule has 2 aliphatic heterocycles. The molecule has 0 aliphatic carbocycles. The molecule has 0 bridgehead atoms. The zero-order valence-corrected chi connectivity index (χ0v) is 14.0. The number of benzene rings is 1. The van der Waals surface area contributed by atoms with Crippen LogP contribution in [0.25, 0.3) is 0 Å². The van der Waals surface area contributed by atoms with Crippen molar-refractivity contribution in [2.45, 2.75) is 25.4 Å². The highest BCUT2D eigenvalue weighted by Gasteiger charge is 2.49. The number of carboxylic acid groups (broad SMARTS) is 1. The number of piperidine rings is 1. The van der Waals surface area contributed by atoms with Crippen LogP contribution in [0.4, 0.5) is 20.5 Å². The van der Waals surface area contributed by atoms with Crippen LogP contribution in [0.15, 0.2) is 36.5 Å². The Morgan fingerprint density at radius 2 is 1.85 bits per heavy atom. The lowest BCUT2D eigenvalue weighted by Crippen LogP contribution is -2.51. The Morgan fingerprint density at radius 3 is 2.46 bits per heavy atom. The van der Waals surface area contributed by atoms with Crippen LogP contribution in [0.2, 0.25) is 0 Å². The van der Waals surface area contributed by atoms with E-state index in [-0.39, 0.29) is 18.9 Å². The lowest BCUT2D eigenvalue weighted by molar-refractivity contribution is -0.158. The maximum atomic E-state index is 14.1. The van der Waals surface area contributed by atoms with Gasteiger partial charge in [0, 0.05) is 25.8 Å². The Kier molecular flexibility index (Phi) is 3.97. The van der Waals surface area contributed by atoms with Crippen molar-refractivity contribution in [1.29, 1.82) is 0 Å². The van der Waals surface area contributed by atoms with Crippen molar-refractivity contribution in [2.75, 3.05) is 22.9 Å². The molecule has 0 amide bonds. The summed E-state index contributed by atoms with van der Waals surface area (Å²) in [5.41, 5.74) is 2.45. The van der Waals surface area contributed by atoms with E-state index in [1.165, 1.54) is 16.0 Å². The molecule has 1 unspecified atom stereocenters. The van der Waals surface area contributed by atoms with E-state index >= 15 is 0 Å². The molecule has 1 aromatic heterocycles. The highest BCUT2D eigenvalue weighted by atomic mass is 19.3. The number of hydrogen-bond donors (Lipinski definition) is 1. The molecular weight excluding hydrogens is 342 g/mol. The predicted octanol–water partition coefficient (Wildman–Crippen LogP) is 2.54. The fourth-order valence-corrected chi connectivity index (χ4v) is 3.58. The van der Waals surface area contributed by atoms with Gasteiger partial charge in [-0.3, -0.25) is 4.79 Å². The van der Waals surface area contributed by atoms with Gasteiger partial charge in [0.1, 0.15) is 11.7 Å². The predicted molar refractivity (Wildman–Crippen MR) is 91.3 cm³/mol. The minimum absolute atomic E-state index is 0.134. The van der Waals surface area contributed by atoms with E-state index < -0.39 is 24.4 Å². The summed E-state index contributed by atoms with van der Waals surface area (Å²) >= 11 is 0. The average Bonchev–Trinajstić information content (AvgIpc) is 3.05. The maximum absolute atomic E-state index is 14.1. The zero-order chi connectivity index (χ0) is 18.3. The maximum Gasteiger partial charge on any atom is 0.312 e. The van der Waals surface area contributed by atoms with E-state index in [4.69, 9.17) is 5.11 Å². The molecular formula is C18H18F2N4O2. The van der Waals surface area contributed by atoms with Crippen LogP contribution in [0, 0.1) is 5.92 Å². The minimum Gasteiger partial charge on any atom is -0.481 e. The molecule has 6 nitrogen and oxygen atoms in total. The van der Waals surface area contributed by atoms with Crippen LogP contribution < -0.4 is 9.80 Å². The summed E-state index contributed by atoms with van der Waals surface area (Å²) in [5, 5.41) is 8.97. The van der Waals surface area contributed by atoms with Crippen molar-refractivity contribution in [3.05, 3.63) is 47.7 Å². The Bertz CT molecular complexity index is 820. The third-order valence-corrected chi connectivity index (χ3v) is 4.97. The van der Waals surface area contributed by atoms with E-state index in [1.807, 2.05) is 12.1 Å². The van der Waals surface area contributed by atoms with Gasteiger partial charge in [0.15, 0.2) is 0 Å². The molecule has 136 valence electrons. The highest BCUT2D eigenvalue weighted by Crippen LogP contribution is 2.35. The summed E-state index contributed by atoms with van der Waals surface area (Å²) in [6.45, 7) is 0.928. The van der Waals surface area contributed by atoms with Crippen molar-refractivity contribution in [3.63, 3.8) is 0 Å². The molecule has 1 fully saturated rings. The molecule has 0 spiro atoms. The Labute approximate surface area is 149 Å². The Balaban J connectivity index is 1.53. The molecule has 1 N–H and O–H groups in total. The van der Waals surface area contributed by atoms with Crippen LogP contribution >= 0.6 is 0 Å². The van der Waals surface area contributed by atoms with Crippen molar-refractivity contribution >= 4 is 17.7 Å². The second-order valence-electron chi connectivity index (χ2n) is 6.70. The molecule has 2 aliphatic rings. The number of carbonyl (C=O) groups is 1. The number of alkyl halides is 2. The van der Waals surface area contributed by atoms with E-state index in [9.17, 15) is 13.6 Å². The molecule has 0 saturated carbocycles. The van der Waals surface area contributed by atoms with Gasteiger partial charge in [0.05, 0.1) is 6.54 Å². The van der Waals surface area contributed by atoms with Crippen molar-refractivity contribution in [3.8, 4) is 0 Å². The molecule has 4 rings (SSSR count). The van der Waals surface area contributed by atoms with Gasteiger partial charge in [-0.05, 0) is 23.6 Å². The number of carboxylic acids is 1. The third kappa shape index (κ3) is 2.95. The second kappa shape index (κ2) is 6.19. The zero-order valence-electron chi connectivity index (χ0n) is 14.0. The smallest absolute Gasteiger partial charge is 0.312 e. The van der Waals surface area contributed by atoms with Gasteiger partial charge in [-0.1, -0.05) is 24.3 Å². The van der Waals surface area contributed by atoms with Crippen LogP contribution in [0.1, 0.15) is 17.5 Å². The molecule has 1 saturated heterocycles.